The van der Waals surface area contributed by atoms with Crippen molar-refractivity contribution in [2.45, 2.75) is 40.0 Å². The van der Waals surface area contributed by atoms with E-state index in [1.165, 1.54) is 0 Å². The van der Waals surface area contributed by atoms with E-state index in [-0.39, 0.29) is 23.7 Å². The third kappa shape index (κ3) is 6.70. The molecule has 24 heavy (non-hydrogen) atoms. The summed E-state index contributed by atoms with van der Waals surface area (Å²) in [7, 11) is 0. The molecule has 1 aliphatic rings. The number of rotatable bonds is 7. The van der Waals surface area contributed by atoms with Gasteiger partial charge in [0.05, 0.1) is 6.61 Å². The van der Waals surface area contributed by atoms with Crippen molar-refractivity contribution in [2.24, 2.45) is 11.3 Å². The molecule has 0 aromatic heterocycles. The summed E-state index contributed by atoms with van der Waals surface area (Å²) >= 11 is 0. The van der Waals surface area contributed by atoms with Gasteiger partial charge in [-0.05, 0) is 68.0 Å². The van der Waals surface area contributed by atoms with Gasteiger partial charge in [0.1, 0.15) is 5.75 Å². The molecule has 1 heterocycles. The van der Waals surface area contributed by atoms with Crippen LogP contribution in [0.2, 0.25) is 0 Å². The van der Waals surface area contributed by atoms with Gasteiger partial charge in [-0.2, -0.15) is 0 Å². The molecule has 0 saturated carbocycles. The monoisotopic (exact) mass is 354 g/mol. The van der Waals surface area contributed by atoms with Gasteiger partial charge in [-0.15, -0.1) is 12.4 Å². The highest BCUT2D eigenvalue weighted by Gasteiger charge is 2.27. The van der Waals surface area contributed by atoms with Crippen LogP contribution in [-0.4, -0.2) is 32.1 Å². The second kappa shape index (κ2) is 9.90. The Morgan fingerprint density at radius 2 is 1.88 bits per heavy atom. The Kier molecular flexibility index (Phi) is 8.57. The van der Waals surface area contributed by atoms with Crippen LogP contribution in [0.25, 0.3) is 0 Å². The fourth-order valence-electron chi connectivity index (χ4n) is 2.72. The number of amides is 1. The lowest BCUT2D eigenvalue weighted by atomic mass is 9.81. The molecule has 1 aromatic rings. The van der Waals surface area contributed by atoms with Crippen molar-refractivity contribution in [1.82, 2.24) is 10.6 Å². The molecule has 1 saturated heterocycles. The third-order valence-electron chi connectivity index (χ3n) is 4.57. The number of hydrogen-bond acceptors (Lipinski definition) is 3. The summed E-state index contributed by atoms with van der Waals surface area (Å²) in [6, 6.07) is 7.43. The van der Waals surface area contributed by atoms with Gasteiger partial charge in [-0.25, -0.2) is 0 Å². The van der Waals surface area contributed by atoms with Crippen molar-refractivity contribution in [1.29, 1.82) is 0 Å². The predicted octanol–water partition coefficient (Wildman–Crippen LogP) is 3.65. The maximum Gasteiger partial charge on any atom is 0.251 e. The second-order valence-corrected chi connectivity index (χ2v) is 7.30. The number of halogens is 1. The Bertz CT molecular complexity index is 497. The average molecular weight is 355 g/mol. The van der Waals surface area contributed by atoms with Crippen molar-refractivity contribution < 1.29 is 9.53 Å². The molecule has 4 nitrogen and oxygen atoms in total. The van der Waals surface area contributed by atoms with Gasteiger partial charge in [-0.3, -0.25) is 4.79 Å². The van der Waals surface area contributed by atoms with Gasteiger partial charge in [0.25, 0.3) is 5.91 Å². The van der Waals surface area contributed by atoms with Gasteiger partial charge in [0.15, 0.2) is 0 Å². The molecule has 1 aliphatic heterocycles. The molecule has 136 valence electrons. The lowest BCUT2D eigenvalue weighted by Crippen LogP contribution is -2.42. The van der Waals surface area contributed by atoms with Gasteiger partial charge in [-0.1, -0.05) is 20.8 Å². The SMILES string of the molecule is CC(C)CCOc1ccc(C(=O)NCC2(C)CCNCC2)cc1.Cl. The number of benzene rings is 1. The summed E-state index contributed by atoms with van der Waals surface area (Å²) in [5, 5.41) is 6.44. The lowest BCUT2D eigenvalue weighted by molar-refractivity contribution is 0.0922. The minimum absolute atomic E-state index is 0. The Labute approximate surface area is 152 Å². The largest absolute Gasteiger partial charge is 0.494 e. The highest BCUT2D eigenvalue weighted by atomic mass is 35.5. The second-order valence-electron chi connectivity index (χ2n) is 7.30. The van der Waals surface area contributed by atoms with E-state index < -0.39 is 0 Å². The Morgan fingerprint density at radius 1 is 1.25 bits per heavy atom. The fraction of sp³-hybridized carbons (Fsp3) is 0.632. The highest BCUT2D eigenvalue weighted by molar-refractivity contribution is 5.94. The van der Waals surface area contributed by atoms with Crippen molar-refractivity contribution in [3.8, 4) is 5.75 Å². The molecule has 0 unspecified atom stereocenters. The average Bonchev–Trinajstić information content (AvgIpc) is 2.54. The fourth-order valence-corrected chi connectivity index (χ4v) is 2.72. The summed E-state index contributed by atoms with van der Waals surface area (Å²) in [5.41, 5.74) is 0.902. The first kappa shape index (κ1) is 20.8. The van der Waals surface area contributed by atoms with Crippen molar-refractivity contribution in [2.75, 3.05) is 26.2 Å². The first-order valence-corrected chi connectivity index (χ1v) is 8.70. The van der Waals surface area contributed by atoms with Crippen LogP contribution in [0.1, 0.15) is 50.4 Å². The minimum Gasteiger partial charge on any atom is -0.494 e. The third-order valence-corrected chi connectivity index (χ3v) is 4.57. The zero-order chi connectivity index (χ0) is 16.7. The normalized spacial score (nSPS) is 16.3. The maximum absolute atomic E-state index is 12.3. The summed E-state index contributed by atoms with van der Waals surface area (Å²) in [4.78, 5) is 12.3. The van der Waals surface area contributed by atoms with Gasteiger partial charge in [0.2, 0.25) is 0 Å². The van der Waals surface area contributed by atoms with E-state index in [1.807, 2.05) is 24.3 Å². The van der Waals surface area contributed by atoms with E-state index in [1.54, 1.807) is 0 Å². The van der Waals surface area contributed by atoms with E-state index in [0.717, 1.165) is 51.3 Å². The molecule has 0 spiro atoms. The summed E-state index contributed by atoms with van der Waals surface area (Å²) in [6.45, 7) is 10.1. The summed E-state index contributed by atoms with van der Waals surface area (Å²) < 4.78 is 5.68. The predicted molar refractivity (Wildman–Crippen MR) is 101 cm³/mol. The molecule has 0 bridgehead atoms. The number of ether oxygens (including phenoxy) is 1. The topological polar surface area (TPSA) is 50.4 Å². The number of carbonyl (C=O) groups is 1. The van der Waals surface area contributed by atoms with E-state index in [4.69, 9.17) is 4.74 Å². The van der Waals surface area contributed by atoms with Crippen molar-refractivity contribution >= 4 is 18.3 Å². The van der Waals surface area contributed by atoms with Gasteiger partial charge in [0, 0.05) is 12.1 Å². The maximum atomic E-state index is 12.3. The van der Waals surface area contributed by atoms with Crippen LogP contribution < -0.4 is 15.4 Å². The van der Waals surface area contributed by atoms with Crippen LogP contribution in [0.15, 0.2) is 24.3 Å². The molecular formula is C19H31ClN2O2. The number of hydrogen-bond donors (Lipinski definition) is 2. The molecule has 1 fully saturated rings. The smallest absolute Gasteiger partial charge is 0.251 e. The van der Waals surface area contributed by atoms with Crippen LogP contribution in [-0.2, 0) is 0 Å². The lowest BCUT2D eigenvalue weighted by Gasteiger charge is -2.34. The van der Waals surface area contributed by atoms with Crippen LogP contribution in [0.4, 0.5) is 0 Å². The zero-order valence-corrected chi connectivity index (χ0v) is 15.9. The van der Waals surface area contributed by atoms with Crippen molar-refractivity contribution in [3.05, 3.63) is 29.8 Å². The molecule has 1 amide bonds. The molecule has 1 aromatic carbocycles. The van der Waals surface area contributed by atoms with Crippen LogP contribution in [0, 0.1) is 11.3 Å². The Hall–Kier alpha value is -1.26. The quantitative estimate of drug-likeness (QED) is 0.785. The molecule has 0 atom stereocenters. The molecule has 2 rings (SSSR count). The van der Waals surface area contributed by atoms with Crippen molar-refractivity contribution in [3.63, 3.8) is 0 Å². The molecular weight excluding hydrogens is 324 g/mol. The van der Waals surface area contributed by atoms with Crippen LogP contribution in [0.3, 0.4) is 0 Å². The van der Waals surface area contributed by atoms with Crippen LogP contribution >= 0.6 is 12.4 Å². The molecule has 2 N–H and O–H groups in total. The Balaban J connectivity index is 0.00000288. The first-order valence-electron chi connectivity index (χ1n) is 8.70. The van der Waals surface area contributed by atoms with E-state index in [9.17, 15) is 4.79 Å². The number of nitrogens with one attached hydrogen (secondary N) is 2. The first-order chi connectivity index (χ1) is 11.0. The molecule has 0 aliphatic carbocycles. The summed E-state index contributed by atoms with van der Waals surface area (Å²) in [6.07, 6.45) is 3.25. The zero-order valence-electron chi connectivity index (χ0n) is 15.1. The van der Waals surface area contributed by atoms with Gasteiger partial charge < -0.3 is 15.4 Å². The van der Waals surface area contributed by atoms with Gasteiger partial charge >= 0.3 is 0 Å². The number of piperidine rings is 1. The molecule has 5 heteroatoms. The summed E-state index contributed by atoms with van der Waals surface area (Å²) in [5.74, 6) is 1.46. The molecule has 0 radical (unpaired) electrons. The standard InChI is InChI=1S/C19H30N2O2.ClH/c1-15(2)8-13-23-17-6-4-16(5-7-17)18(22)21-14-19(3)9-11-20-12-10-19;/h4-7,15,20H,8-14H2,1-3H3,(H,21,22);1H. The van der Waals surface area contributed by atoms with E-state index in [0.29, 0.717) is 11.5 Å². The van der Waals surface area contributed by atoms with Crippen LogP contribution in [0.5, 0.6) is 5.75 Å². The number of carbonyl (C=O) groups excluding carboxylic acids is 1. The van der Waals surface area contributed by atoms with E-state index >= 15 is 0 Å². The van der Waals surface area contributed by atoms with E-state index in [2.05, 4.69) is 31.4 Å². The minimum atomic E-state index is -0.00140. The Morgan fingerprint density at radius 3 is 2.46 bits per heavy atom. The highest BCUT2D eigenvalue weighted by Crippen LogP contribution is 2.26.